The highest BCUT2D eigenvalue weighted by molar-refractivity contribution is 7.92. The molecule has 0 aliphatic carbocycles. The molecule has 0 radical (unpaired) electrons. The van der Waals surface area contributed by atoms with Crippen molar-refractivity contribution in [1.29, 1.82) is 0 Å². The molecule has 0 aliphatic rings. The smallest absolute Gasteiger partial charge is 0.293 e. The van der Waals surface area contributed by atoms with Crippen LogP contribution in [0.3, 0.4) is 0 Å². The summed E-state index contributed by atoms with van der Waals surface area (Å²) >= 11 is 1.03. The van der Waals surface area contributed by atoms with Gasteiger partial charge in [-0.05, 0) is 6.07 Å². The Morgan fingerprint density at radius 2 is 2.22 bits per heavy atom. The van der Waals surface area contributed by atoms with Gasteiger partial charge in [-0.25, -0.2) is 0 Å². The number of fused-ring (bicyclic) bond motifs is 1. The van der Waals surface area contributed by atoms with Gasteiger partial charge in [0.05, 0.1) is 0 Å². The Morgan fingerprint density at radius 3 is 2.83 bits per heavy atom. The maximum absolute atomic E-state index is 11.9. The molecule has 0 saturated heterocycles. The van der Waals surface area contributed by atoms with Crippen LogP contribution in [0.4, 0.5) is 0 Å². The van der Waals surface area contributed by atoms with E-state index in [9.17, 15) is 13.6 Å². The first-order chi connectivity index (χ1) is 8.40. The summed E-state index contributed by atoms with van der Waals surface area (Å²) in [6, 6.07) is 4.61. The molecule has 0 unspecified atom stereocenters. The van der Waals surface area contributed by atoms with Gasteiger partial charge in [-0.3, -0.25) is 0 Å². The van der Waals surface area contributed by atoms with Gasteiger partial charge in [-0.15, -0.1) is 15.7 Å². The molecule has 0 bridgehead atoms. The van der Waals surface area contributed by atoms with Crippen LogP contribution in [0.2, 0.25) is 0 Å². The SMILES string of the molecule is CN(C)/C=N/S(=O)(=O)c1cc2c(ccc[n+]2[O-])s1. The minimum Gasteiger partial charge on any atom is -0.618 e. The topological polar surface area (TPSA) is 76.7 Å². The molecule has 0 spiro atoms. The number of hydrogen-bond acceptors (Lipinski definition) is 4. The molecule has 0 atom stereocenters. The second kappa shape index (κ2) is 4.54. The van der Waals surface area contributed by atoms with Gasteiger partial charge in [-0.1, -0.05) is 0 Å². The van der Waals surface area contributed by atoms with Crippen molar-refractivity contribution in [2.24, 2.45) is 4.40 Å². The Balaban J connectivity index is 2.52. The Bertz CT molecular complexity index is 704. The van der Waals surface area contributed by atoms with Gasteiger partial charge in [0.2, 0.25) is 5.52 Å². The molecule has 0 fully saturated rings. The lowest BCUT2D eigenvalue weighted by molar-refractivity contribution is -0.576. The van der Waals surface area contributed by atoms with E-state index in [4.69, 9.17) is 0 Å². The molecule has 0 saturated carbocycles. The summed E-state index contributed by atoms with van der Waals surface area (Å²) in [5.41, 5.74) is 0.334. The Labute approximate surface area is 108 Å². The summed E-state index contributed by atoms with van der Waals surface area (Å²) in [7, 11) is -0.388. The van der Waals surface area contributed by atoms with Gasteiger partial charge in [0.1, 0.15) is 15.2 Å². The normalized spacial score (nSPS) is 12.3. The van der Waals surface area contributed by atoms with Gasteiger partial charge in [0, 0.05) is 26.2 Å². The van der Waals surface area contributed by atoms with Crippen LogP contribution >= 0.6 is 11.3 Å². The number of aromatic nitrogens is 1. The van der Waals surface area contributed by atoms with Crippen molar-refractivity contribution >= 4 is 37.9 Å². The zero-order valence-electron chi connectivity index (χ0n) is 9.77. The lowest BCUT2D eigenvalue weighted by Crippen LogP contribution is -2.24. The number of thiophene rings is 1. The molecule has 0 aliphatic heterocycles. The molecule has 0 aromatic carbocycles. The van der Waals surface area contributed by atoms with Crippen molar-refractivity contribution in [1.82, 2.24) is 4.90 Å². The predicted octanol–water partition coefficient (Wildman–Crippen LogP) is 0.813. The summed E-state index contributed by atoms with van der Waals surface area (Å²) in [5.74, 6) is 0. The third-order valence-corrected chi connectivity index (χ3v) is 4.86. The molecule has 2 rings (SSSR count). The molecular formula is C10H11N3O3S2. The third-order valence-electron chi connectivity index (χ3n) is 2.10. The van der Waals surface area contributed by atoms with Gasteiger partial charge in [0.25, 0.3) is 10.0 Å². The van der Waals surface area contributed by atoms with Gasteiger partial charge in [0.15, 0.2) is 6.20 Å². The molecule has 6 nitrogen and oxygen atoms in total. The van der Waals surface area contributed by atoms with E-state index >= 15 is 0 Å². The summed E-state index contributed by atoms with van der Waals surface area (Å²) in [6.07, 6.45) is 2.54. The highest BCUT2D eigenvalue weighted by atomic mass is 32.2. The van der Waals surface area contributed by atoms with Crippen molar-refractivity contribution in [3.8, 4) is 0 Å². The lowest BCUT2D eigenvalue weighted by Gasteiger charge is -2.01. The molecule has 2 aromatic rings. The van der Waals surface area contributed by atoms with Crippen LogP contribution in [-0.2, 0) is 10.0 Å². The molecule has 0 N–H and O–H groups in total. The minimum absolute atomic E-state index is 0.0615. The summed E-state index contributed by atoms with van der Waals surface area (Å²) in [4.78, 5) is 1.53. The van der Waals surface area contributed by atoms with E-state index < -0.39 is 10.0 Å². The fraction of sp³-hybridized carbons (Fsp3) is 0.200. The van der Waals surface area contributed by atoms with E-state index in [0.29, 0.717) is 14.9 Å². The third kappa shape index (κ3) is 2.44. The maximum Gasteiger partial charge on any atom is 0.293 e. The maximum atomic E-state index is 11.9. The Kier molecular flexibility index (Phi) is 3.22. The zero-order valence-corrected chi connectivity index (χ0v) is 11.4. The zero-order chi connectivity index (χ0) is 13.3. The number of sulfonamides is 1. The fourth-order valence-electron chi connectivity index (χ4n) is 1.29. The first-order valence-electron chi connectivity index (χ1n) is 4.99. The van der Waals surface area contributed by atoms with Crippen LogP contribution in [0, 0.1) is 5.21 Å². The summed E-state index contributed by atoms with van der Waals surface area (Å²) < 4.78 is 28.6. The van der Waals surface area contributed by atoms with Gasteiger partial charge < -0.3 is 10.1 Å². The van der Waals surface area contributed by atoms with Crippen LogP contribution in [0.1, 0.15) is 0 Å². The number of rotatable bonds is 3. The summed E-state index contributed by atoms with van der Waals surface area (Å²) in [6.45, 7) is 0. The highest BCUT2D eigenvalue weighted by Crippen LogP contribution is 2.27. The van der Waals surface area contributed by atoms with Crippen LogP contribution in [0.15, 0.2) is 33.0 Å². The molecule has 8 heteroatoms. The summed E-state index contributed by atoms with van der Waals surface area (Å²) in [5, 5.41) is 11.5. The Morgan fingerprint density at radius 1 is 1.50 bits per heavy atom. The van der Waals surface area contributed by atoms with Crippen LogP contribution in [0.5, 0.6) is 0 Å². The van der Waals surface area contributed by atoms with Crippen molar-refractivity contribution in [2.75, 3.05) is 14.1 Å². The van der Waals surface area contributed by atoms with Crippen molar-refractivity contribution in [2.45, 2.75) is 4.21 Å². The fourth-order valence-corrected chi connectivity index (χ4v) is 3.57. The van der Waals surface area contributed by atoms with Crippen LogP contribution < -0.4 is 4.73 Å². The molecule has 2 heterocycles. The standard InChI is InChI=1S/C10H11N3O3S2/c1-12(2)7-11-18(15,16)10-6-8-9(17-10)4-3-5-13(8)14/h3-7H,1-2H3/b11-7+. The average molecular weight is 285 g/mol. The van der Waals surface area contributed by atoms with Crippen molar-refractivity contribution in [3.63, 3.8) is 0 Å². The molecule has 18 heavy (non-hydrogen) atoms. The predicted molar refractivity (Wildman–Crippen MR) is 70.1 cm³/mol. The van der Waals surface area contributed by atoms with E-state index in [1.165, 1.54) is 23.5 Å². The first-order valence-corrected chi connectivity index (χ1v) is 7.24. The monoisotopic (exact) mass is 285 g/mol. The molecule has 96 valence electrons. The largest absolute Gasteiger partial charge is 0.618 e. The van der Waals surface area contributed by atoms with Crippen LogP contribution in [-0.4, -0.2) is 33.8 Å². The molecule has 0 amide bonds. The van der Waals surface area contributed by atoms with Crippen molar-refractivity contribution < 1.29 is 13.1 Å². The van der Waals surface area contributed by atoms with Crippen molar-refractivity contribution in [3.05, 3.63) is 29.6 Å². The molecular weight excluding hydrogens is 274 g/mol. The second-order valence-corrected chi connectivity index (χ2v) is 6.75. The number of hydrogen-bond donors (Lipinski definition) is 0. The van der Waals surface area contributed by atoms with Crippen LogP contribution in [0.25, 0.3) is 10.2 Å². The van der Waals surface area contributed by atoms with Gasteiger partial charge in [-0.2, -0.15) is 13.1 Å². The van der Waals surface area contributed by atoms with E-state index in [1.54, 1.807) is 26.2 Å². The lowest BCUT2D eigenvalue weighted by atomic mass is 10.4. The quantitative estimate of drug-likeness (QED) is 0.362. The van der Waals surface area contributed by atoms with E-state index in [0.717, 1.165) is 11.3 Å². The number of pyridine rings is 1. The molecule has 2 aromatic heterocycles. The Hall–Kier alpha value is -1.67. The second-order valence-electron chi connectivity index (χ2n) is 3.81. The van der Waals surface area contributed by atoms with E-state index in [-0.39, 0.29) is 4.21 Å². The average Bonchev–Trinajstić information content (AvgIpc) is 2.73. The minimum atomic E-state index is -3.74. The van der Waals surface area contributed by atoms with Gasteiger partial charge >= 0.3 is 0 Å². The van der Waals surface area contributed by atoms with E-state index in [2.05, 4.69) is 4.40 Å². The first kappa shape index (κ1) is 12.8. The number of nitrogens with zero attached hydrogens (tertiary/aromatic N) is 3. The highest BCUT2D eigenvalue weighted by Gasteiger charge is 2.19. The van der Waals surface area contributed by atoms with E-state index in [1.807, 2.05) is 0 Å².